The van der Waals surface area contributed by atoms with Gasteiger partial charge in [-0.05, 0) is 68.5 Å². The number of likely N-dealkylation sites (N-methyl/N-ethyl adjacent to an activating group) is 2. The number of methoxy groups -OCH3 is 1. The van der Waals surface area contributed by atoms with Crippen molar-refractivity contribution in [3.05, 3.63) is 23.3 Å². The van der Waals surface area contributed by atoms with Crippen molar-refractivity contribution >= 4 is 11.6 Å². The van der Waals surface area contributed by atoms with Gasteiger partial charge in [-0.2, -0.15) is 0 Å². The van der Waals surface area contributed by atoms with Crippen LogP contribution in [-0.2, 0) is 16.6 Å². The van der Waals surface area contributed by atoms with Crippen LogP contribution >= 0.6 is 0 Å². The van der Waals surface area contributed by atoms with Gasteiger partial charge < -0.3 is 19.4 Å². The highest BCUT2D eigenvalue weighted by Crippen LogP contribution is 2.56. The number of hydrogen-bond acceptors (Lipinski definition) is 4. The molecule has 5 rings (SSSR count). The molecule has 0 N–H and O–H groups in total. The standard InChI is InChI=1S/C23H33N3O2/c1-24-9-8-23-7-5-4-6-17(23)19(24)12-16-13-20(21(28-3)14-18(16)23)26-11-10-25(2)22(27)15-26/h13-14,17,19H,4-12,15H2,1-3H3/t17?,19-,23+/m0/s1. The third-order valence-corrected chi connectivity index (χ3v) is 8.21. The molecule has 3 atom stereocenters. The molecule has 3 fully saturated rings. The van der Waals surface area contributed by atoms with Gasteiger partial charge in [-0.3, -0.25) is 4.79 Å². The zero-order valence-corrected chi connectivity index (χ0v) is 17.5. The van der Waals surface area contributed by atoms with Crippen LogP contribution < -0.4 is 9.64 Å². The van der Waals surface area contributed by atoms with Crippen molar-refractivity contribution in [2.45, 2.75) is 50.0 Å². The molecule has 1 aromatic carbocycles. The summed E-state index contributed by atoms with van der Waals surface area (Å²) < 4.78 is 5.88. The Balaban J connectivity index is 1.59. The molecule has 2 aliphatic heterocycles. The minimum Gasteiger partial charge on any atom is -0.495 e. The maximum Gasteiger partial charge on any atom is 0.241 e. The number of carbonyl (C=O) groups is 1. The molecule has 4 aliphatic rings. The molecule has 1 saturated carbocycles. The summed E-state index contributed by atoms with van der Waals surface area (Å²) in [5, 5.41) is 0. The fourth-order valence-electron chi connectivity index (χ4n) is 6.60. The summed E-state index contributed by atoms with van der Waals surface area (Å²) in [5.74, 6) is 1.93. The van der Waals surface area contributed by atoms with E-state index in [1.807, 2.05) is 11.9 Å². The number of rotatable bonds is 2. The Hall–Kier alpha value is -1.75. The molecule has 1 unspecified atom stereocenters. The molecule has 5 heteroatoms. The number of nitrogens with zero attached hydrogens (tertiary/aromatic N) is 3. The van der Waals surface area contributed by atoms with Crippen LogP contribution in [0, 0.1) is 5.92 Å². The molecule has 0 radical (unpaired) electrons. The summed E-state index contributed by atoms with van der Waals surface area (Å²) in [6, 6.07) is 5.38. The molecule has 2 bridgehead atoms. The smallest absolute Gasteiger partial charge is 0.241 e. The summed E-state index contributed by atoms with van der Waals surface area (Å²) in [7, 11) is 5.99. The molecular formula is C23H33N3O2. The number of fused-ring (bicyclic) bond motifs is 1. The van der Waals surface area contributed by atoms with Gasteiger partial charge in [-0.1, -0.05) is 12.8 Å². The number of anilines is 1. The van der Waals surface area contributed by atoms with Gasteiger partial charge in [0.1, 0.15) is 5.75 Å². The third-order valence-electron chi connectivity index (χ3n) is 8.21. The van der Waals surface area contributed by atoms with E-state index in [4.69, 9.17) is 4.74 Å². The fourth-order valence-corrected chi connectivity index (χ4v) is 6.60. The second-order valence-corrected chi connectivity index (χ2v) is 9.43. The number of piperazine rings is 1. The highest BCUT2D eigenvalue weighted by atomic mass is 16.5. The number of benzene rings is 1. The number of amides is 1. The number of likely N-dealkylation sites (tertiary alicyclic amines) is 1. The molecule has 2 saturated heterocycles. The van der Waals surface area contributed by atoms with Crippen LogP contribution in [0.2, 0.25) is 0 Å². The summed E-state index contributed by atoms with van der Waals surface area (Å²) in [4.78, 5) is 18.9. The van der Waals surface area contributed by atoms with Gasteiger partial charge in [-0.25, -0.2) is 0 Å². The highest BCUT2D eigenvalue weighted by Gasteiger charge is 2.53. The Kier molecular flexibility index (Phi) is 4.34. The molecule has 0 aromatic heterocycles. The molecule has 1 amide bonds. The normalized spacial score (nSPS) is 32.8. The molecule has 2 aliphatic carbocycles. The van der Waals surface area contributed by atoms with Gasteiger partial charge in [-0.15, -0.1) is 0 Å². The molecule has 2 heterocycles. The van der Waals surface area contributed by atoms with Crippen LogP contribution in [-0.4, -0.2) is 69.1 Å². The van der Waals surface area contributed by atoms with Crippen molar-refractivity contribution in [1.29, 1.82) is 0 Å². The lowest BCUT2D eigenvalue weighted by molar-refractivity contribution is -0.129. The predicted molar refractivity (Wildman–Crippen MR) is 111 cm³/mol. The molecule has 5 nitrogen and oxygen atoms in total. The van der Waals surface area contributed by atoms with Crippen molar-refractivity contribution in [3.8, 4) is 5.75 Å². The van der Waals surface area contributed by atoms with Crippen molar-refractivity contribution in [3.63, 3.8) is 0 Å². The zero-order chi connectivity index (χ0) is 19.5. The Morgan fingerprint density at radius 3 is 2.75 bits per heavy atom. The van der Waals surface area contributed by atoms with Crippen molar-refractivity contribution in [2.75, 3.05) is 52.3 Å². The average Bonchev–Trinajstić information content (AvgIpc) is 2.72. The lowest BCUT2D eigenvalue weighted by Crippen LogP contribution is -2.59. The van der Waals surface area contributed by atoms with Gasteiger partial charge in [0.15, 0.2) is 0 Å². The summed E-state index contributed by atoms with van der Waals surface area (Å²) in [6.07, 6.45) is 7.83. The maximum atomic E-state index is 12.3. The lowest BCUT2D eigenvalue weighted by atomic mass is 9.52. The minimum absolute atomic E-state index is 0.188. The predicted octanol–water partition coefficient (Wildman–Crippen LogP) is 2.66. The summed E-state index contributed by atoms with van der Waals surface area (Å²) >= 11 is 0. The van der Waals surface area contributed by atoms with E-state index in [1.54, 1.807) is 12.7 Å². The first kappa shape index (κ1) is 18.3. The summed E-state index contributed by atoms with van der Waals surface area (Å²) in [6.45, 7) is 3.30. The molecule has 152 valence electrons. The van der Waals surface area contributed by atoms with Crippen molar-refractivity contribution in [2.24, 2.45) is 5.92 Å². The van der Waals surface area contributed by atoms with Crippen LogP contribution in [0.3, 0.4) is 0 Å². The van der Waals surface area contributed by atoms with Gasteiger partial charge in [0.05, 0.1) is 19.3 Å². The maximum absolute atomic E-state index is 12.3. The van der Waals surface area contributed by atoms with Crippen LogP contribution in [0.5, 0.6) is 5.75 Å². The molecule has 0 spiro atoms. The minimum atomic E-state index is 0.188. The van der Waals surface area contributed by atoms with Crippen molar-refractivity contribution < 1.29 is 9.53 Å². The lowest BCUT2D eigenvalue weighted by Gasteiger charge is -2.58. The van der Waals surface area contributed by atoms with Crippen LogP contribution in [0.1, 0.15) is 43.2 Å². The van der Waals surface area contributed by atoms with Gasteiger partial charge in [0.25, 0.3) is 0 Å². The topological polar surface area (TPSA) is 36.0 Å². The van der Waals surface area contributed by atoms with Crippen LogP contribution in [0.25, 0.3) is 0 Å². The van der Waals surface area contributed by atoms with E-state index in [2.05, 4.69) is 29.0 Å². The largest absolute Gasteiger partial charge is 0.495 e. The van der Waals surface area contributed by atoms with E-state index >= 15 is 0 Å². The molecular weight excluding hydrogens is 350 g/mol. The molecule has 28 heavy (non-hydrogen) atoms. The van der Waals surface area contributed by atoms with E-state index < -0.39 is 0 Å². The van der Waals surface area contributed by atoms with Crippen LogP contribution in [0.4, 0.5) is 5.69 Å². The van der Waals surface area contributed by atoms with E-state index in [1.165, 1.54) is 44.2 Å². The Morgan fingerprint density at radius 2 is 1.96 bits per heavy atom. The number of ether oxygens (including phenoxy) is 1. The first-order valence-electron chi connectivity index (χ1n) is 10.9. The Labute approximate surface area is 168 Å². The summed E-state index contributed by atoms with van der Waals surface area (Å²) in [5.41, 5.74) is 4.50. The highest BCUT2D eigenvalue weighted by molar-refractivity contribution is 5.83. The first-order valence-corrected chi connectivity index (χ1v) is 10.9. The molecule has 1 aromatic rings. The second-order valence-electron chi connectivity index (χ2n) is 9.43. The fraction of sp³-hybridized carbons (Fsp3) is 0.696. The average molecular weight is 384 g/mol. The van der Waals surface area contributed by atoms with E-state index in [9.17, 15) is 4.79 Å². The quantitative estimate of drug-likeness (QED) is 0.787. The third kappa shape index (κ3) is 2.58. The van der Waals surface area contributed by atoms with E-state index in [-0.39, 0.29) is 5.91 Å². The van der Waals surface area contributed by atoms with Gasteiger partial charge in [0, 0.05) is 31.6 Å². The Morgan fingerprint density at radius 1 is 1.11 bits per heavy atom. The van der Waals surface area contributed by atoms with E-state index in [0.29, 0.717) is 18.0 Å². The van der Waals surface area contributed by atoms with Gasteiger partial charge >= 0.3 is 0 Å². The Bertz CT molecular complexity index is 794. The van der Waals surface area contributed by atoms with E-state index in [0.717, 1.165) is 36.9 Å². The monoisotopic (exact) mass is 383 g/mol. The SMILES string of the molecule is COc1cc2c(cc1N1CCN(C)C(=O)C1)C[C@H]1C3CCCC[C@]23CCN1C. The first-order chi connectivity index (χ1) is 13.5. The number of piperidine rings is 1. The second kappa shape index (κ2) is 6.65. The zero-order valence-electron chi connectivity index (χ0n) is 17.5. The number of hydrogen-bond donors (Lipinski definition) is 0. The van der Waals surface area contributed by atoms with Crippen LogP contribution in [0.15, 0.2) is 12.1 Å². The van der Waals surface area contributed by atoms with Gasteiger partial charge in [0.2, 0.25) is 5.91 Å². The van der Waals surface area contributed by atoms with Crippen molar-refractivity contribution in [1.82, 2.24) is 9.80 Å². The number of carbonyl (C=O) groups excluding carboxylic acids is 1.